The van der Waals surface area contributed by atoms with E-state index < -0.39 is 5.56 Å². The van der Waals surface area contributed by atoms with Crippen molar-refractivity contribution in [3.8, 4) is 0 Å². The summed E-state index contributed by atoms with van der Waals surface area (Å²) < 4.78 is 14.9. The van der Waals surface area contributed by atoms with Crippen LogP contribution in [-0.2, 0) is 6.54 Å². The molecule has 2 heterocycles. The van der Waals surface area contributed by atoms with Gasteiger partial charge in [-0.1, -0.05) is 29.7 Å². The minimum absolute atomic E-state index is 0. The molecule has 6 nitrogen and oxygen atoms in total. The van der Waals surface area contributed by atoms with Crippen LogP contribution in [0, 0.1) is 5.82 Å². The van der Waals surface area contributed by atoms with E-state index in [0.29, 0.717) is 11.2 Å². The monoisotopic (exact) mass is 267 g/mol. The quantitative estimate of drug-likeness (QED) is 0.474. The Bertz CT molecular complexity index is 769. The van der Waals surface area contributed by atoms with Crippen molar-refractivity contribution in [3.05, 3.63) is 52.3 Å². The number of hydrogen-bond acceptors (Lipinski definition) is 4. The summed E-state index contributed by atoms with van der Waals surface area (Å²) in [5.41, 5.74) is 0.363. The molecule has 19 heavy (non-hydrogen) atoms. The standard InChI is InChI=1S/C11H8FN5O.Na/c12-8-4-2-1-3-7(8)5-17-10-9(15-16-17)11(18)14-6-13-10;/h1-4,6H,5H2,(H,13,14,16,18);/q;+1/p-1. The largest absolute Gasteiger partial charge is 1.00 e. The molecular weight excluding hydrogens is 260 g/mol. The van der Waals surface area contributed by atoms with E-state index in [1.165, 1.54) is 10.7 Å². The molecule has 0 aliphatic heterocycles. The molecule has 0 N–H and O–H groups in total. The van der Waals surface area contributed by atoms with Gasteiger partial charge in [-0.2, -0.15) is 0 Å². The molecule has 90 valence electrons. The van der Waals surface area contributed by atoms with Crippen LogP contribution < -0.4 is 40.1 Å². The number of aromatic nitrogens is 5. The smallest absolute Gasteiger partial charge is 0.425 e. The van der Waals surface area contributed by atoms with Crippen molar-refractivity contribution in [1.82, 2.24) is 25.0 Å². The number of nitrogens with zero attached hydrogens (tertiary/aromatic N) is 5. The molecular formula is C11H7FN5NaO. The first-order valence-corrected chi connectivity index (χ1v) is 5.20. The zero-order valence-corrected chi connectivity index (χ0v) is 12.1. The maximum Gasteiger partial charge on any atom is 1.00 e. The molecule has 0 saturated heterocycles. The summed E-state index contributed by atoms with van der Waals surface area (Å²) in [6, 6.07) is 6.34. The summed E-state index contributed by atoms with van der Waals surface area (Å²) in [6.07, 6.45) is 1.14. The molecule has 0 radical (unpaired) electrons. The summed E-state index contributed by atoms with van der Waals surface area (Å²) in [4.78, 5) is 18.8. The molecule has 2 aromatic heterocycles. The average molecular weight is 267 g/mol. The Morgan fingerprint density at radius 3 is 2.89 bits per heavy atom. The van der Waals surface area contributed by atoms with Crippen LogP contribution in [0.3, 0.4) is 0 Å². The van der Waals surface area contributed by atoms with Crippen molar-refractivity contribution in [1.29, 1.82) is 0 Å². The van der Waals surface area contributed by atoms with Crippen molar-refractivity contribution in [3.63, 3.8) is 0 Å². The second-order valence-electron chi connectivity index (χ2n) is 3.69. The predicted molar refractivity (Wildman–Crippen MR) is 60.4 cm³/mol. The molecule has 0 saturated carbocycles. The van der Waals surface area contributed by atoms with E-state index in [-0.39, 0.29) is 47.4 Å². The molecule has 3 aromatic rings. The van der Waals surface area contributed by atoms with Gasteiger partial charge in [-0.05, 0) is 6.07 Å². The second kappa shape index (κ2) is 5.60. The van der Waals surface area contributed by atoms with E-state index in [4.69, 9.17) is 0 Å². The van der Waals surface area contributed by atoms with Gasteiger partial charge in [0.2, 0.25) is 0 Å². The summed E-state index contributed by atoms with van der Waals surface area (Å²) in [5.74, 6) is -0.336. The fourth-order valence-electron chi connectivity index (χ4n) is 1.67. The van der Waals surface area contributed by atoms with E-state index in [2.05, 4.69) is 20.3 Å². The van der Waals surface area contributed by atoms with Crippen LogP contribution in [0.2, 0.25) is 0 Å². The molecule has 0 aliphatic carbocycles. The summed E-state index contributed by atoms with van der Waals surface area (Å²) >= 11 is 0. The van der Waals surface area contributed by atoms with E-state index >= 15 is 0 Å². The summed E-state index contributed by atoms with van der Waals surface area (Å²) in [5, 5.41) is 7.49. The van der Waals surface area contributed by atoms with Gasteiger partial charge in [-0.15, -0.1) is 5.10 Å². The normalized spacial score (nSPS) is 10.4. The van der Waals surface area contributed by atoms with Crippen LogP contribution in [-0.4, -0.2) is 20.0 Å². The fourth-order valence-corrected chi connectivity index (χ4v) is 1.67. The molecule has 0 fully saturated rings. The summed E-state index contributed by atoms with van der Waals surface area (Å²) in [6.45, 7) is 0.166. The molecule has 0 atom stereocenters. The first-order chi connectivity index (χ1) is 8.75. The molecule has 1 aromatic carbocycles. The minimum atomic E-state index is -0.486. The fraction of sp³-hybridized carbons (Fsp3) is 0.0909. The molecule has 0 bridgehead atoms. The van der Waals surface area contributed by atoms with Crippen molar-refractivity contribution >= 4 is 11.2 Å². The van der Waals surface area contributed by atoms with E-state index in [1.807, 2.05) is 0 Å². The molecule has 0 amide bonds. The van der Waals surface area contributed by atoms with Crippen molar-refractivity contribution in [2.45, 2.75) is 6.54 Å². The van der Waals surface area contributed by atoms with Gasteiger partial charge in [0, 0.05) is 5.56 Å². The number of halogens is 1. The first-order valence-electron chi connectivity index (χ1n) is 5.20. The van der Waals surface area contributed by atoms with E-state index in [1.54, 1.807) is 18.2 Å². The van der Waals surface area contributed by atoms with Gasteiger partial charge in [0.05, 0.1) is 12.2 Å². The minimum Gasteiger partial charge on any atom is -0.425 e. The SMILES string of the molecule is O=c1[n-]cnc2c1nnn2Cc1ccccc1F.[Na+]. The summed E-state index contributed by atoms with van der Waals surface area (Å²) in [7, 11) is 0. The Morgan fingerprint density at radius 1 is 1.32 bits per heavy atom. The number of rotatable bonds is 2. The number of fused-ring (bicyclic) bond motifs is 1. The maximum atomic E-state index is 13.5. The molecule has 0 unspecified atom stereocenters. The van der Waals surface area contributed by atoms with E-state index in [9.17, 15) is 9.18 Å². The van der Waals surface area contributed by atoms with E-state index in [0.717, 1.165) is 6.33 Å². The van der Waals surface area contributed by atoms with Gasteiger partial charge in [0.15, 0.2) is 11.1 Å². The van der Waals surface area contributed by atoms with Crippen LogP contribution in [0.5, 0.6) is 0 Å². The average Bonchev–Trinajstić information content (AvgIpc) is 2.77. The third kappa shape index (κ3) is 2.58. The van der Waals surface area contributed by atoms with Crippen molar-refractivity contribution < 1.29 is 33.9 Å². The zero-order valence-electron chi connectivity index (χ0n) is 10.1. The third-order valence-electron chi connectivity index (χ3n) is 2.54. The Morgan fingerprint density at radius 2 is 2.11 bits per heavy atom. The van der Waals surface area contributed by atoms with Gasteiger partial charge < -0.3 is 9.97 Å². The van der Waals surface area contributed by atoms with Crippen LogP contribution in [0.25, 0.3) is 11.2 Å². The Hall–Kier alpha value is -1.57. The first kappa shape index (κ1) is 13.9. The van der Waals surface area contributed by atoms with Gasteiger partial charge >= 0.3 is 29.6 Å². The Labute approximate surface area is 129 Å². The molecule has 8 heteroatoms. The number of hydrogen-bond donors (Lipinski definition) is 0. The van der Waals surface area contributed by atoms with Gasteiger partial charge in [0.1, 0.15) is 5.82 Å². The topological polar surface area (TPSA) is 74.8 Å². The third-order valence-corrected chi connectivity index (χ3v) is 2.54. The zero-order chi connectivity index (χ0) is 12.5. The predicted octanol–water partition coefficient (Wildman–Crippen LogP) is -2.66. The van der Waals surface area contributed by atoms with Crippen LogP contribution >= 0.6 is 0 Å². The molecule has 0 spiro atoms. The Kier molecular flexibility index (Phi) is 4.08. The van der Waals surface area contributed by atoms with Crippen LogP contribution in [0.1, 0.15) is 5.56 Å². The maximum absolute atomic E-state index is 13.5. The van der Waals surface area contributed by atoms with Crippen molar-refractivity contribution in [2.75, 3.05) is 0 Å². The van der Waals surface area contributed by atoms with Gasteiger partial charge in [0.25, 0.3) is 0 Å². The van der Waals surface area contributed by atoms with Crippen molar-refractivity contribution in [2.24, 2.45) is 0 Å². The Balaban J connectivity index is 0.00000133. The number of benzene rings is 1. The molecule has 3 rings (SSSR count). The molecule has 0 aliphatic rings. The van der Waals surface area contributed by atoms with Gasteiger partial charge in [-0.25, -0.2) is 9.07 Å². The van der Waals surface area contributed by atoms with Crippen LogP contribution in [0.4, 0.5) is 4.39 Å². The second-order valence-corrected chi connectivity index (χ2v) is 3.69. The van der Waals surface area contributed by atoms with Crippen LogP contribution in [0.15, 0.2) is 35.4 Å². The van der Waals surface area contributed by atoms with Gasteiger partial charge in [-0.3, -0.25) is 4.79 Å².